The van der Waals surface area contributed by atoms with Crippen molar-refractivity contribution in [3.63, 3.8) is 0 Å². The third kappa shape index (κ3) is 2.74. The third-order valence-electron chi connectivity index (χ3n) is 5.89. The number of pyridine rings is 1. The third-order valence-corrected chi connectivity index (χ3v) is 5.89. The molecule has 0 bridgehead atoms. The number of carbonyl (C=O) groups is 2. The maximum atomic E-state index is 13.4. The van der Waals surface area contributed by atoms with E-state index < -0.39 is 29.6 Å². The number of aromatic nitrogens is 1. The first kappa shape index (κ1) is 17.7. The second-order valence-electron chi connectivity index (χ2n) is 7.39. The van der Waals surface area contributed by atoms with Gasteiger partial charge >= 0.3 is 12.1 Å². The Kier molecular flexibility index (Phi) is 3.90. The van der Waals surface area contributed by atoms with Crippen LogP contribution in [-0.2, 0) is 10.3 Å². The maximum absolute atomic E-state index is 13.4. The molecule has 2 aliphatic carbocycles. The van der Waals surface area contributed by atoms with Crippen molar-refractivity contribution in [1.82, 2.24) is 9.47 Å². The Morgan fingerprint density at radius 1 is 1.33 bits per heavy atom. The number of carbonyl (C=O) groups excluding carboxylic acids is 1. The quantitative estimate of drug-likeness (QED) is 0.746. The number of alkyl halides is 2. The van der Waals surface area contributed by atoms with E-state index in [2.05, 4.69) is 5.32 Å². The number of halogens is 2. The van der Waals surface area contributed by atoms with Gasteiger partial charge in [0, 0.05) is 43.2 Å². The van der Waals surface area contributed by atoms with Gasteiger partial charge in [-0.25, -0.2) is 18.4 Å². The lowest BCUT2D eigenvalue weighted by atomic mass is 10.2. The van der Waals surface area contributed by atoms with Crippen LogP contribution in [0.5, 0.6) is 0 Å². The highest BCUT2D eigenvalue weighted by Gasteiger charge is 2.57. The van der Waals surface area contributed by atoms with Gasteiger partial charge in [-0.3, -0.25) is 4.79 Å². The molecule has 10 heteroatoms. The summed E-state index contributed by atoms with van der Waals surface area (Å²) >= 11 is 0. The lowest BCUT2D eigenvalue weighted by Gasteiger charge is -2.21. The summed E-state index contributed by atoms with van der Waals surface area (Å²) < 4.78 is 32.5. The van der Waals surface area contributed by atoms with E-state index in [1.807, 2.05) is 0 Å². The van der Waals surface area contributed by atoms with Gasteiger partial charge in [0.1, 0.15) is 5.54 Å². The smallest absolute Gasteiger partial charge is 0.407 e. The highest BCUT2D eigenvalue weighted by atomic mass is 19.3. The number of piperidine rings is 1. The number of hydrogen-bond acceptors (Lipinski definition) is 5. The summed E-state index contributed by atoms with van der Waals surface area (Å²) in [6.45, 7) is 0.771. The van der Waals surface area contributed by atoms with Crippen molar-refractivity contribution < 1.29 is 28.2 Å². The number of rotatable bonds is 5. The minimum absolute atomic E-state index is 0.0177. The van der Waals surface area contributed by atoms with E-state index in [-0.39, 0.29) is 42.0 Å². The van der Waals surface area contributed by atoms with Crippen molar-refractivity contribution in [2.75, 3.05) is 25.5 Å². The van der Waals surface area contributed by atoms with Gasteiger partial charge in [-0.1, -0.05) is 0 Å². The molecule has 0 unspecified atom stereocenters. The standard InChI is InChI=1S/C17H19F2N3O5/c1-27-14(24)10-7-22(17(2-3-17)15(18)19)12(23)4-11(10)20-13-8-5-21(16(25)26)6-9(8)13/h4,7-9,13,15,20H,2-3,5-6H2,1H3,(H,25,26)/t8-,9+,13-. The molecule has 1 saturated heterocycles. The van der Waals surface area contributed by atoms with E-state index in [0.29, 0.717) is 13.1 Å². The molecule has 1 aromatic rings. The van der Waals surface area contributed by atoms with Gasteiger partial charge in [0.2, 0.25) is 0 Å². The summed E-state index contributed by atoms with van der Waals surface area (Å²) in [5.41, 5.74) is -1.91. The van der Waals surface area contributed by atoms with Crippen LogP contribution in [0.2, 0.25) is 0 Å². The van der Waals surface area contributed by atoms with Gasteiger partial charge in [0.05, 0.1) is 18.4 Å². The molecule has 3 fully saturated rings. The van der Waals surface area contributed by atoms with Gasteiger partial charge in [-0.15, -0.1) is 0 Å². The molecule has 1 amide bonds. The zero-order chi connectivity index (χ0) is 19.5. The molecule has 146 valence electrons. The molecule has 0 spiro atoms. The van der Waals surface area contributed by atoms with Gasteiger partial charge in [0.25, 0.3) is 12.0 Å². The Labute approximate surface area is 152 Å². The van der Waals surface area contributed by atoms with E-state index in [4.69, 9.17) is 9.84 Å². The second kappa shape index (κ2) is 5.93. The lowest BCUT2D eigenvalue weighted by Crippen LogP contribution is -2.36. The molecule has 27 heavy (non-hydrogen) atoms. The number of carboxylic acid groups (broad SMARTS) is 1. The number of esters is 1. The van der Waals surface area contributed by atoms with Crippen LogP contribution in [-0.4, -0.2) is 59.3 Å². The highest BCUT2D eigenvalue weighted by molar-refractivity contribution is 5.95. The number of methoxy groups -OCH3 is 1. The lowest BCUT2D eigenvalue weighted by molar-refractivity contribution is 0.0580. The van der Waals surface area contributed by atoms with E-state index in [1.54, 1.807) is 0 Å². The monoisotopic (exact) mass is 383 g/mol. The van der Waals surface area contributed by atoms with E-state index >= 15 is 0 Å². The number of nitrogens with one attached hydrogen (secondary N) is 1. The topological polar surface area (TPSA) is 101 Å². The molecule has 4 rings (SSSR count). The van der Waals surface area contributed by atoms with Crippen molar-refractivity contribution in [3.8, 4) is 0 Å². The maximum Gasteiger partial charge on any atom is 0.407 e. The van der Waals surface area contributed by atoms with Crippen molar-refractivity contribution in [1.29, 1.82) is 0 Å². The normalized spacial score (nSPS) is 27.3. The first-order chi connectivity index (χ1) is 12.8. The Balaban J connectivity index is 1.60. The summed E-state index contributed by atoms with van der Waals surface area (Å²) in [5, 5.41) is 12.1. The van der Waals surface area contributed by atoms with Gasteiger partial charge < -0.3 is 24.6 Å². The molecule has 2 heterocycles. The van der Waals surface area contributed by atoms with Gasteiger partial charge in [-0.2, -0.15) is 0 Å². The van der Waals surface area contributed by atoms with Gasteiger partial charge in [0.15, 0.2) is 0 Å². The summed E-state index contributed by atoms with van der Waals surface area (Å²) in [5.74, 6) is -0.524. The van der Waals surface area contributed by atoms with Crippen molar-refractivity contribution in [2.24, 2.45) is 11.8 Å². The zero-order valence-electron chi connectivity index (χ0n) is 14.5. The molecule has 8 nitrogen and oxygen atoms in total. The predicted molar refractivity (Wildman–Crippen MR) is 89.2 cm³/mol. The second-order valence-corrected chi connectivity index (χ2v) is 7.39. The van der Waals surface area contributed by atoms with Crippen molar-refractivity contribution in [3.05, 3.63) is 28.2 Å². The Morgan fingerprint density at radius 2 is 1.96 bits per heavy atom. The highest BCUT2D eigenvalue weighted by Crippen LogP contribution is 2.49. The van der Waals surface area contributed by atoms with Crippen LogP contribution in [0.3, 0.4) is 0 Å². The van der Waals surface area contributed by atoms with Crippen LogP contribution in [0, 0.1) is 11.8 Å². The number of hydrogen-bond donors (Lipinski definition) is 2. The van der Waals surface area contributed by atoms with Crippen LogP contribution in [0.4, 0.5) is 19.3 Å². The van der Waals surface area contributed by atoms with Crippen molar-refractivity contribution >= 4 is 17.7 Å². The zero-order valence-corrected chi connectivity index (χ0v) is 14.5. The fourth-order valence-corrected chi connectivity index (χ4v) is 4.04. The first-order valence-corrected chi connectivity index (χ1v) is 8.66. The van der Waals surface area contributed by atoms with Crippen LogP contribution in [0.25, 0.3) is 0 Å². The van der Waals surface area contributed by atoms with Crippen molar-refractivity contribution in [2.45, 2.75) is 30.8 Å². The molecule has 2 saturated carbocycles. The first-order valence-electron chi connectivity index (χ1n) is 8.66. The number of ether oxygens (including phenoxy) is 1. The molecular formula is C17H19F2N3O5. The summed E-state index contributed by atoms with van der Waals surface area (Å²) in [4.78, 5) is 36.9. The van der Waals surface area contributed by atoms with Crippen LogP contribution in [0.15, 0.2) is 17.1 Å². The number of amides is 1. The minimum atomic E-state index is -2.70. The number of likely N-dealkylation sites (tertiary alicyclic amines) is 1. The fourth-order valence-electron chi connectivity index (χ4n) is 4.04. The molecule has 0 aromatic carbocycles. The molecule has 2 N–H and O–H groups in total. The average Bonchev–Trinajstić information content (AvgIpc) is 3.50. The van der Waals surface area contributed by atoms with Crippen LogP contribution in [0.1, 0.15) is 23.2 Å². The Hall–Kier alpha value is -2.65. The SMILES string of the molecule is COC(=O)c1cn(C2(C(F)F)CC2)c(=O)cc1N[C@@H]1[C@@H]2CN(C(=O)O)C[C@@H]21. The minimum Gasteiger partial charge on any atom is -0.465 e. The Morgan fingerprint density at radius 3 is 2.44 bits per heavy atom. The summed E-state index contributed by atoms with van der Waals surface area (Å²) in [6.07, 6.45) is -2.17. The molecule has 1 aromatic heterocycles. The fraction of sp³-hybridized carbons (Fsp3) is 0.588. The largest absolute Gasteiger partial charge is 0.465 e. The predicted octanol–water partition coefficient (Wildman–Crippen LogP) is 1.41. The number of anilines is 1. The van der Waals surface area contributed by atoms with E-state index in [9.17, 15) is 23.2 Å². The van der Waals surface area contributed by atoms with Crippen LogP contribution >= 0.6 is 0 Å². The molecule has 3 aliphatic rings. The van der Waals surface area contributed by atoms with Gasteiger partial charge in [-0.05, 0) is 12.8 Å². The average molecular weight is 383 g/mol. The molecular weight excluding hydrogens is 364 g/mol. The van der Waals surface area contributed by atoms with Crippen LogP contribution < -0.4 is 10.9 Å². The van der Waals surface area contributed by atoms with E-state index in [0.717, 1.165) is 16.8 Å². The molecule has 3 atom stereocenters. The number of nitrogens with zero attached hydrogens (tertiary/aromatic N) is 2. The molecule has 0 radical (unpaired) electrons. The molecule has 1 aliphatic heterocycles. The number of fused-ring (bicyclic) bond motifs is 1. The summed E-state index contributed by atoms with van der Waals surface area (Å²) in [6, 6.07) is 1.08. The summed E-state index contributed by atoms with van der Waals surface area (Å²) in [7, 11) is 1.18. The Bertz CT molecular complexity index is 855. The van der Waals surface area contributed by atoms with E-state index in [1.165, 1.54) is 12.0 Å².